The van der Waals surface area contributed by atoms with Crippen molar-refractivity contribution in [3.63, 3.8) is 0 Å². The zero-order chi connectivity index (χ0) is 27.8. The van der Waals surface area contributed by atoms with Gasteiger partial charge >= 0.3 is 11.9 Å². The molecule has 0 aromatic heterocycles. The maximum Gasteiger partial charge on any atom is 0.339 e. The molecule has 2 unspecified atom stereocenters. The van der Waals surface area contributed by atoms with Crippen molar-refractivity contribution in [1.29, 1.82) is 0 Å². The Balaban J connectivity index is 1.83. The lowest BCUT2D eigenvalue weighted by Crippen LogP contribution is -2.18. The summed E-state index contributed by atoms with van der Waals surface area (Å²) in [6.07, 6.45) is -1.41. The zero-order valence-electron chi connectivity index (χ0n) is 22.9. The Hall–Kier alpha value is -3.85. The molecule has 3 aromatic carbocycles. The van der Waals surface area contributed by atoms with Crippen LogP contribution < -0.4 is 0 Å². The van der Waals surface area contributed by atoms with Crippen LogP contribution in [0.5, 0.6) is 0 Å². The van der Waals surface area contributed by atoms with Crippen LogP contribution in [0.4, 0.5) is 0 Å². The van der Waals surface area contributed by atoms with Crippen molar-refractivity contribution in [1.82, 2.24) is 0 Å². The van der Waals surface area contributed by atoms with E-state index in [0.29, 0.717) is 0 Å². The van der Waals surface area contributed by atoms with Gasteiger partial charge in [-0.05, 0) is 18.2 Å². The van der Waals surface area contributed by atoms with Gasteiger partial charge in [0.25, 0.3) is 0 Å². The molecule has 0 aliphatic rings. The number of hydrogen-bond acceptors (Lipinski definition) is 4. The van der Waals surface area contributed by atoms with Gasteiger partial charge in [-0.15, -0.1) is 11.1 Å². The van der Waals surface area contributed by atoms with Crippen molar-refractivity contribution in [2.24, 2.45) is 0 Å². The van der Waals surface area contributed by atoms with Crippen molar-refractivity contribution in [3.8, 4) is 22.9 Å². The standard InChI is InChI=1S/C32H34O4Si2/c1-37(2,3)22-20-29(25-14-9-7-10-15-25)35-31(33)27-18-13-19-28(24-27)32(34)36-30(21-23-38(4,5)6)26-16-11-8-12-17-26/h7-19,24,29-30H,1-6H3. The number of ether oxygens (including phenoxy) is 2. The van der Waals surface area contributed by atoms with E-state index in [4.69, 9.17) is 9.47 Å². The summed E-state index contributed by atoms with van der Waals surface area (Å²) in [5.41, 5.74) is 8.69. The molecule has 0 amide bonds. The van der Waals surface area contributed by atoms with E-state index in [0.717, 1.165) is 11.1 Å². The van der Waals surface area contributed by atoms with E-state index in [-0.39, 0.29) is 11.1 Å². The van der Waals surface area contributed by atoms with Crippen LogP contribution >= 0.6 is 0 Å². The SMILES string of the molecule is C[Si](C)(C)C#CC(OC(=O)c1cccc(C(=O)OC(C#C[Si](C)(C)C)c2ccccc2)c1)c1ccccc1. The smallest absolute Gasteiger partial charge is 0.339 e. The Morgan fingerprint density at radius 1 is 0.579 bits per heavy atom. The summed E-state index contributed by atoms with van der Waals surface area (Å²) >= 11 is 0. The zero-order valence-corrected chi connectivity index (χ0v) is 24.9. The summed E-state index contributed by atoms with van der Waals surface area (Å²) in [5.74, 6) is 5.18. The van der Waals surface area contributed by atoms with E-state index < -0.39 is 40.3 Å². The molecule has 3 rings (SSSR count). The number of rotatable bonds is 6. The highest BCUT2D eigenvalue weighted by molar-refractivity contribution is 6.84. The van der Waals surface area contributed by atoms with Crippen LogP contribution in [0.3, 0.4) is 0 Å². The Morgan fingerprint density at radius 3 is 1.29 bits per heavy atom. The fraction of sp³-hybridized carbons (Fsp3) is 0.250. The van der Waals surface area contributed by atoms with E-state index in [2.05, 4.69) is 62.2 Å². The normalized spacial score (nSPS) is 12.6. The number of esters is 2. The quantitative estimate of drug-likeness (QED) is 0.189. The van der Waals surface area contributed by atoms with Crippen LogP contribution in [-0.4, -0.2) is 28.1 Å². The molecule has 0 saturated carbocycles. The number of benzene rings is 3. The van der Waals surface area contributed by atoms with Crippen LogP contribution in [0.2, 0.25) is 39.3 Å². The molecule has 194 valence electrons. The minimum Gasteiger partial charge on any atom is -0.441 e. The van der Waals surface area contributed by atoms with Gasteiger partial charge in [-0.3, -0.25) is 0 Å². The monoisotopic (exact) mass is 538 g/mol. The van der Waals surface area contributed by atoms with Crippen LogP contribution in [-0.2, 0) is 9.47 Å². The molecule has 0 N–H and O–H groups in total. The summed E-state index contributed by atoms with van der Waals surface area (Å²) in [4.78, 5) is 26.3. The van der Waals surface area contributed by atoms with Crippen LogP contribution in [0, 0.1) is 22.9 Å². The Bertz CT molecular complexity index is 1280. The third kappa shape index (κ3) is 9.23. The largest absolute Gasteiger partial charge is 0.441 e. The Morgan fingerprint density at radius 2 is 0.947 bits per heavy atom. The third-order valence-electron chi connectivity index (χ3n) is 5.14. The fourth-order valence-electron chi connectivity index (χ4n) is 3.30. The number of hydrogen-bond donors (Lipinski definition) is 0. The molecule has 3 aromatic rings. The van der Waals surface area contributed by atoms with Crippen LogP contribution in [0.15, 0.2) is 84.9 Å². The van der Waals surface area contributed by atoms with Gasteiger partial charge in [-0.2, -0.15) is 0 Å². The maximum absolute atomic E-state index is 13.1. The van der Waals surface area contributed by atoms with Gasteiger partial charge in [0, 0.05) is 11.1 Å². The molecular formula is C32H34O4Si2. The first-order valence-corrected chi connectivity index (χ1v) is 19.6. The topological polar surface area (TPSA) is 52.6 Å². The van der Waals surface area contributed by atoms with E-state index in [1.165, 1.54) is 6.07 Å². The molecule has 0 aliphatic heterocycles. The average molecular weight is 539 g/mol. The molecule has 38 heavy (non-hydrogen) atoms. The molecule has 4 nitrogen and oxygen atoms in total. The van der Waals surface area contributed by atoms with Gasteiger partial charge in [-0.25, -0.2) is 9.59 Å². The first-order valence-electron chi connectivity index (χ1n) is 12.6. The fourth-order valence-corrected chi connectivity index (χ4v) is 4.43. The summed E-state index contributed by atoms with van der Waals surface area (Å²) in [6.45, 7) is 12.8. The van der Waals surface area contributed by atoms with Crippen molar-refractivity contribution in [2.45, 2.75) is 51.5 Å². The molecular weight excluding hydrogens is 505 g/mol. The minimum absolute atomic E-state index is 0.250. The maximum atomic E-state index is 13.1. The Labute approximate surface area is 228 Å². The van der Waals surface area contributed by atoms with Crippen LogP contribution in [0.1, 0.15) is 44.1 Å². The van der Waals surface area contributed by atoms with E-state index in [9.17, 15) is 9.59 Å². The summed E-state index contributed by atoms with van der Waals surface area (Å²) in [5, 5.41) is 0. The lowest BCUT2D eigenvalue weighted by Gasteiger charge is -2.16. The molecule has 0 bridgehead atoms. The van der Waals surface area contributed by atoms with Gasteiger partial charge in [0.15, 0.2) is 12.2 Å². The molecule has 0 spiro atoms. The predicted octanol–water partition coefficient (Wildman–Crippen LogP) is 7.24. The second kappa shape index (κ2) is 12.6. The first kappa shape index (κ1) is 28.7. The summed E-state index contributed by atoms with van der Waals surface area (Å²) in [7, 11) is -3.38. The second-order valence-corrected chi connectivity index (χ2v) is 20.5. The van der Waals surface area contributed by atoms with Crippen molar-refractivity contribution < 1.29 is 19.1 Å². The van der Waals surface area contributed by atoms with E-state index >= 15 is 0 Å². The van der Waals surface area contributed by atoms with E-state index in [1.54, 1.807) is 18.2 Å². The molecule has 0 saturated heterocycles. The van der Waals surface area contributed by atoms with Gasteiger partial charge in [0.1, 0.15) is 16.1 Å². The van der Waals surface area contributed by atoms with Crippen molar-refractivity contribution in [2.75, 3.05) is 0 Å². The minimum atomic E-state index is -1.69. The predicted molar refractivity (Wildman–Crippen MR) is 158 cm³/mol. The third-order valence-corrected chi connectivity index (χ3v) is 6.93. The van der Waals surface area contributed by atoms with Crippen molar-refractivity contribution >= 4 is 28.1 Å². The first-order chi connectivity index (χ1) is 17.9. The molecule has 0 heterocycles. The lowest BCUT2D eigenvalue weighted by molar-refractivity contribution is 0.0406. The number of carbonyl (C=O) groups is 2. The molecule has 0 aliphatic carbocycles. The van der Waals surface area contributed by atoms with Gasteiger partial charge < -0.3 is 9.47 Å². The molecule has 0 radical (unpaired) electrons. The second-order valence-electron chi connectivity index (χ2n) is 11.0. The van der Waals surface area contributed by atoms with Crippen LogP contribution in [0.25, 0.3) is 0 Å². The molecule has 6 heteroatoms. The lowest BCUT2D eigenvalue weighted by atomic mass is 10.1. The Kier molecular flexibility index (Phi) is 9.52. The van der Waals surface area contributed by atoms with Crippen molar-refractivity contribution in [3.05, 3.63) is 107 Å². The average Bonchev–Trinajstić information content (AvgIpc) is 2.88. The summed E-state index contributed by atoms with van der Waals surface area (Å²) < 4.78 is 11.6. The van der Waals surface area contributed by atoms with Gasteiger partial charge in [-0.1, -0.05) is 118 Å². The number of carbonyl (C=O) groups excluding carboxylic acids is 2. The summed E-state index contributed by atoms with van der Waals surface area (Å²) in [6, 6.07) is 25.3. The highest BCUT2D eigenvalue weighted by Crippen LogP contribution is 2.22. The highest BCUT2D eigenvalue weighted by Gasteiger charge is 2.21. The van der Waals surface area contributed by atoms with Gasteiger partial charge in [0.05, 0.1) is 11.1 Å². The van der Waals surface area contributed by atoms with E-state index in [1.807, 2.05) is 60.7 Å². The highest BCUT2D eigenvalue weighted by atomic mass is 28.3. The van der Waals surface area contributed by atoms with Gasteiger partial charge in [0.2, 0.25) is 0 Å². The molecule has 2 atom stereocenters. The molecule has 0 fully saturated rings.